The number of amides is 14. The third kappa shape index (κ3) is 30.4. The Kier molecular flexibility index (Phi) is 39.7. The highest BCUT2D eigenvalue weighted by Gasteiger charge is 2.42. The molecule has 0 aliphatic carbocycles. The van der Waals surface area contributed by atoms with Crippen LogP contribution in [0.25, 0.3) is 0 Å². The monoisotopic (exact) mass is 1520 g/mol. The zero-order chi connectivity index (χ0) is 75.8. The largest absolute Gasteiger partial charge is 0.508 e. The first kappa shape index (κ1) is 88.6. The van der Waals surface area contributed by atoms with E-state index in [0.717, 1.165) is 11.8 Å². The van der Waals surface area contributed by atoms with Crippen LogP contribution >= 0.6 is 75.8 Å². The summed E-state index contributed by atoms with van der Waals surface area (Å²) in [6.45, 7) is 7.02. The fourth-order valence-corrected chi connectivity index (χ4v) is 11.1. The summed E-state index contributed by atoms with van der Waals surface area (Å²) in [5.74, 6) is -19.0. The van der Waals surface area contributed by atoms with Gasteiger partial charge in [-0.25, -0.2) is 4.79 Å². The van der Waals surface area contributed by atoms with E-state index >= 15 is 0 Å². The van der Waals surface area contributed by atoms with Gasteiger partial charge < -0.3 is 101 Å². The molecule has 1 aliphatic heterocycles. The molecule has 0 aromatic heterocycles. The van der Waals surface area contributed by atoms with E-state index in [9.17, 15) is 97.1 Å². The molecule has 0 saturated carbocycles. The molecule has 1 aromatic carbocycles. The van der Waals surface area contributed by atoms with Crippen LogP contribution in [0.15, 0.2) is 24.3 Å². The van der Waals surface area contributed by atoms with Crippen LogP contribution in [0.5, 0.6) is 5.75 Å². The number of phenolic OH excluding ortho intramolecular Hbond substituents is 1. The quantitative estimate of drug-likeness (QED) is 0.0270. The van der Waals surface area contributed by atoms with Gasteiger partial charge in [-0.3, -0.25) is 71.9 Å². The van der Waals surface area contributed by atoms with Crippen molar-refractivity contribution in [3.05, 3.63) is 29.8 Å². The maximum absolute atomic E-state index is 14.4. The number of carboxylic acids is 2. The minimum absolute atomic E-state index is 0.0128. The number of nitrogens with two attached hydrogens (primary N) is 2. The van der Waals surface area contributed by atoms with E-state index in [-0.39, 0.29) is 73.5 Å². The number of carboxylic acid groups (broad SMARTS) is 2. The number of thiol groups is 6. The van der Waals surface area contributed by atoms with Gasteiger partial charge in [0.1, 0.15) is 78.3 Å². The van der Waals surface area contributed by atoms with Crippen LogP contribution < -0.4 is 75.3 Å². The lowest BCUT2D eigenvalue weighted by Crippen LogP contribution is -2.61. The molecule has 1 aromatic rings. The van der Waals surface area contributed by atoms with Crippen molar-refractivity contribution in [2.75, 3.05) is 47.6 Å². The molecule has 41 heteroatoms. The molecule has 35 nitrogen and oxygen atoms in total. The number of primary amides is 1. The van der Waals surface area contributed by atoms with Gasteiger partial charge in [-0.05, 0) is 68.6 Å². The van der Waals surface area contributed by atoms with Crippen LogP contribution in [0, 0.1) is 11.8 Å². The first-order chi connectivity index (χ1) is 46.9. The van der Waals surface area contributed by atoms with Crippen molar-refractivity contribution in [3.8, 4) is 5.75 Å². The van der Waals surface area contributed by atoms with Gasteiger partial charge in [0.2, 0.25) is 82.7 Å². The van der Waals surface area contributed by atoms with Crippen LogP contribution in [-0.4, -0.2) is 252 Å². The summed E-state index contributed by atoms with van der Waals surface area (Å²) >= 11 is 24.7. The predicted octanol–water partition coefficient (Wildman–Crippen LogP) is -6.42. The fourth-order valence-electron chi connectivity index (χ4n) is 9.60. The number of aromatic hydroxyl groups is 1. The maximum Gasteiger partial charge on any atom is 0.326 e. The van der Waals surface area contributed by atoms with Crippen molar-refractivity contribution >= 4 is 170 Å². The van der Waals surface area contributed by atoms with Crippen LogP contribution in [0.2, 0.25) is 0 Å². The van der Waals surface area contributed by atoms with E-state index in [1.165, 1.54) is 24.3 Å². The van der Waals surface area contributed by atoms with Gasteiger partial charge in [0.15, 0.2) is 0 Å². The van der Waals surface area contributed by atoms with Gasteiger partial charge >= 0.3 is 11.9 Å². The normalized spacial score (nSPS) is 16.6. The second-order valence-electron chi connectivity index (χ2n) is 24.1. The molecule has 0 unspecified atom stereocenters. The smallest absolute Gasteiger partial charge is 0.326 e. The van der Waals surface area contributed by atoms with E-state index in [4.69, 9.17) is 11.5 Å². The number of carbonyl (C=O) groups excluding carboxylic acids is 14. The van der Waals surface area contributed by atoms with Gasteiger partial charge in [-0.1, -0.05) is 39.8 Å². The zero-order valence-electron chi connectivity index (χ0n) is 55.5. The van der Waals surface area contributed by atoms with Crippen molar-refractivity contribution in [2.45, 2.75) is 171 Å². The summed E-state index contributed by atoms with van der Waals surface area (Å²) < 4.78 is 0. The number of phenols is 1. The standard InChI is InChI=1S/C59H93N15O20S6/c1-26(2)15-33(65-48(82)32(12-13-45(79)80)64-52(86)38(22-97)69-47(81)31(60)20-95)49(83)70-40(24-99)54(88)72-39(23-98)53(87)67-35(18-43(61)77)58(92)74-14-6-7-42(74)56(90)66-34(16-27(3)4)50(84)71-41(25-100)55(89)73-46(28(5)75)57(91)62-19-44(78)63-37(21-96)51(85)68-36(59(93)94)17-29-8-10-30(76)11-9-29/h8-11,26-28,31-42,46,75-76,95-100H,6-7,12-25,60H2,1-5H3,(H2,61,77)(H,62,91)(H,63,78)(H,64,86)(H,65,82)(H,66,90)(H,67,87)(H,68,85)(H,69,81)(H,70,83)(H,71,84)(H,72,88)(H,73,89)(H,79,80)(H,93,94)/t28-,31+,32+,33+,34+,35+,36+,37+,38+,39+,40+,41+,42+,46+/m1/s1. The van der Waals surface area contributed by atoms with Crippen molar-refractivity contribution in [1.82, 2.24) is 68.7 Å². The number of carbonyl (C=O) groups is 16. The Labute approximate surface area is 609 Å². The maximum atomic E-state index is 14.4. The van der Waals surface area contributed by atoms with E-state index in [0.29, 0.717) is 5.56 Å². The van der Waals surface area contributed by atoms with Crippen molar-refractivity contribution in [1.29, 1.82) is 0 Å². The van der Waals surface area contributed by atoms with Crippen LogP contribution in [0.4, 0.5) is 0 Å². The molecule has 1 saturated heterocycles. The van der Waals surface area contributed by atoms with E-state index in [2.05, 4.69) is 140 Å². The molecule has 1 heterocycles. The summed E-state index contributed by atoms with van der Waals surface area (Å²) in [7, 11) is 0. The number of nitrogens with zero attached hydrogens (tertiary/aromatic N) is 1. The van der Waals surface area contributed by atoms with E-state index < -0.39 is 222 Å². The lowest BCUT2D eigenvalue weighted by Gasteiger charge is -2.31. The number of nitrogens with one attached hydrogen (secondary N) is 12. The number of rotatable bonds is 44. The molecule has 20 N–H and O–H groups in total. The average Bonchev–Trinajstić information content (AvgIpc) is 1.61. The Balaban J connectivity index is 2.22. The van der Waals surface area contributed by atoms with Gasteiger partial charge in [0.05, 0.1) is 25.1 Å². The Morgan fingerprint density at radius 2 is 0.910 bits per heavy atom. The van der Waals surface area contributed by atoms with Crippen LogP contribution in [0.3, 0.4) is 0 Å². The highest BCUT2D eigenvalue weighted by Crippen LogP contribution is 2.21. The first-order valence-corrected chi connectivity index (χ1v) is 35.3. The number of aliphatic hydroxyl groups is 1. The molecule has 1 fully saturated rings. The summed E-state index contributed by atoms with van der Waals surface area (Å²) in [6.07, 6.45) is -3.61. The molecule has 0 spiro atoms. The van der Waals surface area contributed by atoms with Gasteiger partial charge in [0.25, 0.3) is 0 Å². The SMILES string of the molecule is CC(C)C[C@H](NC(=O)[C@H](CCC(=O)O)NC(=O)[C@H](CS)NC(=O)[C@@H](N)CS)C(=O)N[C@@H](CS)C(=O)N[C@@H](CS)C(=O)N[C@@H](CC(N)=O)C(=O)N1CCC[C@H]1C(=O)N[C@@H](CC(C)C)C(=O)N[C@@H](CS)C(=O)N[C@H](C(=O)NCC(=O)N[C@@H](CS)C(=O)N[C@@H](Cc1ccc(O)cc1)C(=O)O)[C@@H](C)O. The number of aliphatic hydroxyl groups excluding tert-OH is 1. The lowest BCUT2D eigenvalue weighted by atomic mass is 10.0. The number of likely N-dealkylation sites (tertiary alicyclic amines) is 1. The topological polar surface area (TPSA) is 554 Å². The molecule has 100 heavy (non-hydrogen) atoms. The Hall–Kier alpha value is -7.44. The third-order valence-electron chi connectivity index (χ3n) is 14.9. The van der Waals surface area contributed by atoms with Crippen molar-refractivity contribution < 1.29 is 97.1 Å². The van der Waals surface area contributed by atoms with Crippen LogP contribution in [0.1, 0.15) is 85.1 Å². The van der Waals surface area contributed by atoms with Crippen molar-refractivity contribution in [2.24, 2.45) is 23.3 Å². The first-order valence-electron chi connectivity index (χ1n) is 31.5. The molecule has 14 amide bonds. The summed E-state index contributed by atoms with van der Waals surface area (Å²) in [6, 6.07) is -13.6. The Bertz CT molecular complexity index is 3050. The highest BCUT2D eigenvalue weighted by molar-refractivity contribution is 7.81. The molecular weight excluding hydrogens is 1430 g/mol. The fraction of sp³-hybridized carbons (Fsp3) is 0.627. The second kappa shape index (κ2) is 44.7. The van der Waals surface area contributed by atoms with E-state index in [1.54, 1.807) is 27.7 Å². The Morgan fingerprint density at radius 1 is 0.510 bits per heavy atom. The minimum atomic E-state index is -1.76. The molecular formula is C59H93N15O20S6. The second-order valence-corrected chi connectivity index (χ2v) is 26.3. The van der Waals surface area contributed by atoms with Gasteiger partial charge in [-0.15, -0.1) is 0 Å². The zero-order valence-corrected chi connectivity index (χ0v) is 60.8. The van der Waals surface area contributed by atoms with Gasteiger partial charge in [0, 0.05) is 53.9 Å². The van der Waals surface area contributed by atoms with Crippen LogP contribution in [-0.2, 0) is 83.1 Å². The number of hydrogen-bond acceptors (Lipinski definition) is 25. The minimum Gasteiger partial charge on any atom is -0.508 e. The molecule has 0 bridgehead atoms. The number of benzene rings is 1. The Morgan fingerprint density at radius 3 is 1.34 bits per heavy atom. The average molecular weight is 1520 g/mol. The van der Waals surface area contributed by atoms with E-state index in [1.807, 2.05) is 0 Å². The summed E-state index contributed by atoms with van der Waals surface area (Å²) in [4.78, 5) is 214. The number of hydrogen-bond donors (Lipinski definition) is 24. The molecule has 1 aliphatic rings. The highest BCUT2D eigenvalue weighted by atomic mass is 32.1. The molecule has 0 radical (unpaired) electrons. The number of aliphatic carboxylic acids is 2. The lowest BCUT2D eigenvalue weighted by molar-refractivity contribution is -0.143. The molecule has 14 atom stereocenters. The molecule has 560 valence electrons. The van der Waals surface area contributed by atoms with Gasteiger partial charge in [-0.2, -0.15) is 75.8 Å². The predicted molar refractivity (Wildman–Crippen MR) is 381 cm³/mol. The summed E-state index contributed by atoms with van der Waals surface area (Å²) in [5.41, 5.74) is 11.7. The van der Waals surface area contributed by atoms with Crippen molar-refractivity contribution in [3.63, 3.8) is 0 Å². The third-order valence-corrected chi connectivity index (χ3v) is 17.1. The summed E-state index contributed by atoms with van der Waals surface area (Å²) in [5, 5.41) is 67.9. The molecule has 2 rings (SSSR count).